The van der Waals surface area contributed by atoms with Crippen molar-refractivity contribution in [1.29, 1.82) is 5.26 Å². The van der Waals surface area contributed by atoms with E-state index in [1.807, 2.05) is 30.3 Å². The van der Waals surface area contributed by atoms with Gasteiger partial charge in [0.2, 0.25) is 11.8 Å². The number of rotatable bonds is 8. The highest BCUT2D eigenvalue weighted by Crippen LogP contribution is 2.55. The lowest BCUT2D eigenvalue weighted by atomic mass is 9.49. The van der Waals surface area contributed by atoms with Crippen LogP contribution in [0.2, 0.25) is 5.02 Å². The number of carbonyl (C=O) groups excluding carboxylic acids is 5. The molecule has 4 fully saturated rings. The van der Waals surface area contributed by atoms with Gasteiger partial charge >= 0.3 is 0 Å². The molecule has 5 amide bonds. The molecule has 1 unspecified atom stereocenters. The van der Waals surface area contributed by atoms with Crippen molar-refractivity contribution in [3.05, 3.63) is 87.9 Å². The molecule has 13 nitrogen and oxygen atoms in total. The number of hydrogen-bond donors (Lipinski definition) is 2. The van der Waals surface area contributed by atoms with E-state index in [4.69, 9.17) is 16.3 Å². The molecule has 4 aliphatic heterocycles. The van der Waals surface area contributed by atoms with Gasteiger partial charge < -0.3 is 19.9 Å². The number of hydrogen-bond acceptors (Lipinski definition) is 10. The molecule has 2 N–H and O–H groups in total. The fraction of sp³-hybridized carbons (Fsp3) is 0.455. The molecule has 302 valence electrons. The number of carbonyl (C=O) groups is 5. The van der Waals surface area contributed by atoms with Crippen LogP contribution < -0.4 is 25.2 Å². The number of fused-ring (bicyclic) bond motifs is 1. The highest BCUT2D eigenvalue weighted by atomic mass is 35.5. The molecule has 1 aliphatic carbocycles. The first-order valence-electron chi connectivity index (χ1n) is 20.0. The van der Waals surface area contributed by atoms with Crippen LogP contribution in [0.15, 0.2) is 60.7 Å². The molecule has 1 atom stereocenters. The summed E-state index contributed by atoms with van der Waals surface area (Å²) in [5.41, 5.74) is 2.85. The zero-order chi connectivity index (χ0) is 41.1. The number of nitrogens with zero attached hydrogens (tertiary/aromatic N) is 5. The van der Waals surface area contributed by atoms with Crippen molar-refractivity contribution in [2.24, 2.45) is 10.8 Å². The number of nitrogens with one attached hydrogen (secondary N) is 2. The zero-order valence-corrected chi connectivity index (χ0v) is 34.0. The van der Waals surface area contributed by atoms with Gasteiger partial charge in [-0.1, -0.05) is 39.3 Å². The molecule has 8 rings (SSSR count). The van der Waals surface area contributed by atoms with Gasteiger partial charge in [0, 0.05) is 91.6 Å². The molecular weight excluding hydrogens is 758 g/mol. The molecule has 0 aromatic heterocycles. The molecule has 0 spiro atoms. The summed E-state index contributed by atoms with van der Waals surface area (Å²) >= 11 is 6.25. The third kappa shape index (κ3) is 6.96. The molecule has 58 heavy (non-hydrogen) atoms. The molecule has 3 saturated heterocycles. The van der Waals surface area contributed by atoms with Crippen LogP contribution in [0.3, 0.4) is 0 Å². The number of halogens is 1. The van der Waals surface area contributed by atoms with Gasteiger partial charge in [0.25, 0.3) is 17.7 Å². The Balaban J connectivity index is 0.811. The Bertz CT molecular complexity index is 2200. The van der Waals surface area contributed by atoms with Crippen molar-refractivity contribution < 1.29 is 28.7 Å². The lowest BCUT2D eigenvalue weighted by Crippen LogP contribution is -2.74. The lowest BCUT2D eigenvalue weighted by Gasteiger charge is -2.63. The van der Waals surface area contributed by atoms with Crippen LogP contribution in [0.5, 0.6) is 5.75 Å². The van der Waals surface area contributed by atoms with Crippen molar-refractivity contribution in [1.82, 2.24) is 20.4 Å². The molecule has 3 aromatic rings. The third-order valence-electron chi connectivity index (χ3n) is 13.0. The Morgan fingerprint density at radius 1 is 0.810 bits per heavy atom. The number of piperidine rings is 2. The van der Waals surface area contributed by atoms with E-state index in [9.17, 15) is 29.2 Å². The van der Waals surface area contributed by atoms with Crippen LogP contribution in [-0.4, -0.2) is 103 Å². The Morgan fingerprint density at radius 2 is 1.45 bits per heavy atom. The van der Waals surface area contributed by atoms with E-state index < -0.39 is 29.7 Å². The van der Waals surface area contributed by atoms with Crippen molar-refractivity contribution in [2.45, 2.75) is 77.6 Å². The molecule has 0 bridgehead atoms. The van der Waals surface area contributed by atoms with E-state index >= 15 is 0 Å². The SMILES string of the molecule is CC1(C)C(NC(=O)c2ccc(N3CCN(C4CCN(c5ccc6c(c5)C(=O)N(C5CCC(=O)NC5=O)C6=O)CC4)CC3)cc2)C(C)(C)C1Oc1ccc(C#N)c(Cl)c1. The maximum Gasteiger partial charge on any atom is 0.262 e. The average molecular weight is 806 g/mol. The predicted octanol–water partition coefficient (Wildman–Crippen LogP) is 5.02. The number of amides is 5. The largest absolute Gasteiger partial charge is 0.489 e. The molecule has 1 saturated carbocycles. The number of benzene rings is 3. The van der Waals surface area contributed by atoms with Gasteiger partial charge in [-0.25, -0.2) is 0 Å². The quantitative estimate of drug-likeness (QED) is 0.297. The van der Waals surface area contributed by atoms with Gasteiger partial charge in [0.1, 0.15) is 24.0 Å². The summed E-state index contributed by atoms with van der Waals surface area (Å²) in [5, 5.41) is 15.1. The third-order valence-corrected chi connectivity index (χ3v) is 13.3. The van der Waals surface area contributed by atoms with E-state index in [1.165, 1.54) is 0 Å². The fourth-order valence-corrected chi connectivity index (χ4v) is 10.3. The van der Waals surface area contributed by atoms with Crippen molar-refractivity contribution >= 4 is 52.5 Å². The van der Waals surface area contributed by atoms with Gasteiger partial charge in [0.05, 0.1) is 21.7 Å². The van der Waals surface area contributed by atoms with Gasteiger partial charge in [-0.3, -0.25) is 39.1 Å². The average Bonchev–Trinajstić information content (AvgIpc) is 3.46. The summed E-state index contributed by atoms with van der Waals surface area (Å²) in [4.78, 5) is 72.3. The Hall–Kier alpha value is -5.45. The minimum Gasteiger partial charge on any atom is -0.489 e. The van der Waals surface area contributed by atoms with Crippen LogP contribution in [-0.2, 0) is 9.59 Å². The minimum atomic E-state index is -0.978. The summed E-state index contributed by atoms with van der Waals surface area (Å²) in [6, 6.07) is 19.7. The second-order valence-corrected chi connectivity index (χ2v) is 17.7. The zero-order valence-electron chi connectivity index (χ0n) is 33.2. The highest BCUT2D eigenvalue weighted by Gasteiger charge is 2.64. The topological polar surface area (TPSA) is 155 Å². The van der Waals surface area contributed by atoms with Crippen LogP contribution in [0.1, 0.15) is 90.0 Å². The van der Waals surface area contributed by atoms with Crippen molar-refractivity contribution in [2.75, 3.05) is 49.1 Å². The summed E-state index contributed by atoms with van der Waals surface area (Å²) in [5.74, 6) is -1.52. The number of piperazine rings is 1. The fourth-order valence-electron chi connectivity index (χ4n) is 10.1. The highest BCUT2D eigenvalue weighted by molar-refractivity contribution is 6.31. The van der Waals surface area contributed by atoms with Gasteiger partial charge in [0.15, 0.2) is 0 Å². The maximum atomic E-state index is 13.5. The van der Waals surface area contributed by atoms with E-state index in [1.54, 1.807) is 30.3 Å². The second kappa shape index (κ2) is 15.1. The van der Waals surface area contributed by atoms with Gasteiger partial charge in [-0.15, -0.1) is 0 Å². The standard InChI is InChI=1S/C44H48ClN7O6/c1-43(2)41(44(3,4)42(43)58-31-11-7-27(25-46)34(45)24-31)48-37(54)26-5-8-28(9-6-26)50-19-21-51(22-20-50)29-15-17-49(18-16-29)30-10-12-32-33(23-30)40(57)52(39(32)56)35-13-14-36(53)47-38(35)55/h5-12,23-24,29,35,41-42H,13-22H2,1-4H3,(H,48,54)(H,47,53,55). The Kier molecular flexibility index (Phi) is 10.2. The van der Waals surface area contributed by atoms with Crippen LogP contribution in [0.25, 0.3) is 0 Å². The molecule has 0 radical (unpaired) electrons. The maximum absolute atomic E-state index is 13.5. The van der Waals surface area contributed by atoms with E-state index in [2.05, 4.69) is 59.1 Å². The van der Waals surface area contributed by atoms with Crippen LogP contribution in [0, 0.1) is 22.2 Å². The molecule has 4 heterocycles. The van der Waals surface area contributed by atoms with Gasteiger partial charge in [-0.2, -0.15) is 5.26 Å². The Morgan fingerprint density at radius 3 is 2.09 bits per heavy atom. The first kappa shape index (κ1) is 39.4. The van der Waals surface area contributed by atoms with Crippen molar-refractivity contribution in [3.63, 3.8) is 0 Å². The van der Waals surface area contributed by atoms with Gasteiger partial charge in [-0.05, 0) is 73.9 Å². The first-order valence-corrected chi connectivity index (χ1v) is 20.4. The van der Waals surface area contributed by atoms with Crippen LogP contribution in [0.4, 0.5) is 11.4 Å². The van der Waals surface area contributed by atoms with Crippen LogP contribution >= 0.6 is 11.6 Å². The summed E-state index contributed by atoms with van der Waals surface area (Å²) in [6.45, 7) is 13.6. The van der Waals surface area contributed by atoms with E-state index in [0.29, 0.717) is 39.1 Å². The minimum absolute atomic E-state index is 0.0879. The molecule has 5 aliphatic rings. The molecule has 14 heteroatoms. The molecule has 3 aromatic carbocycles. The Labute approximate surface area is 343 Å². The number of anilines is 2. The molecular formula is C44H48ClN7O6. The van der Waals surface area contributed by atoms with E-state index in [-0.39, 0.29) is 41.7 Å². The smallest absolute Gasteiger partial charge is 0.262 e. The first-order chi connectivity index (χ1) is 27.7. The second-order valence-electron chi connectivity index (χ2n) is 17.3. The number of imide groups is 2. The van der Waals surface area contributed by atoms with E-state index in [0.717, 1.165) is 68.4 Å². The normalized spacial score (nSPS) is 24.5. The number of nitriles is 1. The summed E-state index contributed by atoms with van der Waals surface area (Å²) in [7, 11) is 0. The predicted molar refractivity (Wildman–Crippen MR) is 218 cm³/mol. The summed E-state index contributed by atoms with van der Waals surface area (Å²) in [6.07, 6.45) is 1.98. The summed E-state index contributed by atoms with van der Waals surface area (Å²) < 4.78 is 6.38. The number of ether oxygens (including phenoxy) is 1. The van der Waals surface area contributed by atoms with Crippen molar-refractivity contribution in [3.8, 4) is 11.8 Å². The lowest BCUT2D eigenvalue weighted by molar-refractivity contribution is -0.164. The monoisotopic (exact) mass is 805 g/mol.